The number of rotatable bonds is 5. The summed E-state index contributed by atoms with van der Waals surface area (Å²) in [6.45, 7) is 3.66. The minimum atomic E-state index is -1.13. The summed E-state index contributed by atoms with van der Waals surface area (Å²) in [5.74, 6) is -1.69. The second kappa shape index (κ2) is 9.09. The number of halogens is 2. The second-order valence-electron chi connectivity index (χ2n) is 6.77. The lowest BCUT2D eigenvalue weighted by molar-refractivity contribution is -0.112. The van der Waals surface area contributed by atoms with E-state index < -0.39 is 11.9 Å². The zero-order chi connectivity index (χ0) is 22.7. The molecule has 1 aromatic heterocycles. The highest BCUT2D eigenvalue weighted by Crippen LogP contribution is 2.26. The molecule has 0 spiro atoms. The molecule has 6 nitrogen and oxygen atoms in total. The molecule has 0 saturated carbocycles. The second-order valence-corrected chi connectivity index (χ2v) is 7.61. The SMILES string of the molecule is Cc1cc(/C=C(/C#N)C(=O)Nc2cccc(Cl)c2)c(C)n1-c1ccc(Cl)c(C(=O)O)c1. The number of aryl methyl sites for hydroxylation is 1. The van der Waals surface area contributed by atoms with Crippen LogP contribution in [0, 0.1) is 25.2 Å². The molecule has 0 aliphatic rings. The summed E-state index contributed by atoms with van der Waals surface area (Å²) in [5, 5.41) is 22.1. The van der Waals surface area contributed by atoms with Crippen molar-refractivity contribution in [2.24, 2.45) is 0 Å². The molecule has 8 heteroatoms. The fraction of sp³-hybridized carbons (Fsp3) is 0.0870. The Morgan fingerprint density at radius 3 is 2.52 bits per heavy atom. The summed E-state index contributed by atoms with van der Waals surface area (Å²) in [6.07, 6.45) is 1.49. The molecule has 0 radical (unpaired) electrons. The van der Waals surface area contributed by atoms with Gasteiger partial charge in [-0.05, 0) is 68.0 Å². The quantitative estimate of drug-likeness (QED) is 0.385. The minimum absolute atomic E-state index is 0.0117. The van der Waals surface area contributed by atoms with Crippen molar-refractivity contribution in [1.29, 1.82) is 5.26 Å². The van der Waals surface area contributed by atoms with E-state index in [4.69, 9.17) is 23.2 Å². The standard InChI is InChI=1S/C23H17Cl2N3O3/c1-13-8-15(9-16(12-26)22(29)27-18-5-3-4-17(24)10-18)14(2)28(13)19-6-7-21(25)20(11-19)23(30)31/h3-11H,1-2H3,(H,27,29)(H,30,31)/b16-9-. The Bertz CT molecular complexity index is 1270. The highest BCUT2D eigenvalue weighted by Gasteiger charge is 2.16. The Morgan fingerprint density at radius 2 is 1.87 bits per heavy atom. The Balaban J connectivity index is 1.98. The van der Waals surface area contributed by atoms with Crippen LogP contribution in [-0.4, -0.2) is 21.6 Å². The van der Waals surface area contributed by atoms with E-state index in [0.29, 0.717) is 22.0 Å². The first kappa shape index (κ1) is 22.2. The molecule has 0 atom stereocenters. The van der Waals surface area contributed by atoms with Crippen molar-refractivity contribution in [3.05, 3.63) is 86.7 Å². The van der Waals surface area contributed by atoms with Crippen LogP contribution in [0.5, 0.6) is 0 Å². The van der Waals surface area contributed by atoms with Gasteiger partial charge in [-0.2, -0.15) is 5.26 Å². The number of carbonyl (C=O) groups excluding carboxylic acids is 1. The summed E-state index contributed by atoms with van der Waals surface area (Å²) in [5.41, 5.74) is 3.19. The zero-order valence-electron chi connectivity index (χ0n) is 16.6. The lowest BCUT2D eigenvalue weighted by Gasteiger charge is -2.11. The molecule has 0 saturated heterocycles. The van der Waals surface area contributed by atoms with Crippen LogP contribution in [-0.2, 0) is 4.79 Å². The van der Waals surface area contributed by atoms with Gasteiger partial charge >= 0.3 is 5.97 Å². The van der Waals surface area contributed by atoms with Crippen LogP contribution in [0.2, 0.25) is 10.0 Å². The van der Waals surface area contributed by atoms with Gasteiger partial charge in [-0.1, -0.05) is 29.3 Å². The molecule has 31 heavy (non-hydrogen) atoms. The summed E-state index contributed by atoms with van der Waals surface area (Å²) in [4.78, 5) is 24.0. The van der Waals surface area contributed by atoms with Gasteiger partial charge < -0.3 is 15.0 Å². The molecule has 1 heterocycles. The van der Waals surface area contributed by atoms with Crippen LogP contribution < -0.4 is 5.32 Å². The highest BCUT2D eigenvalue weighted by atomic mass is 35.5. The van der Waals surface area contributed by atoms with E-state index in [1.165, 1.54) is 18.2 Å². The highest BCUT2D eigenvalue weighted by molar-refractivity contribution is 6.33. The third kappa shape index (κ3) is 4.80. The Morgan fingerprint density at radius 1 is 1.13 bits per heavy atom. The monoisotopic (exact) mass is 453 g/mol. The number of hydrogen-bond acceptors (Lipinski definition) is 3. The van der Waals surface area contributed by atoms with Gasteiger partial charge in [0.1, 0.15) is 11.6 Å². The molecule has 156 valence electrons. The lowest BCUT2D eigenvalue weighted by Crippen LogP contribution is -2.13. The largest absolute Gasteiger partial charge is 0.478 e. The molecular formula is C23H17Cl2N3O3. The first-order valence-corrected chi connectivity index (χ1v) is 9.87. The minimum Gasteiger partial charge on any atom is -0.478 e. The number of aromatic carboxylic acids is 1. The maximum absolute atomic E-state index is 12.6. The van der Waals surface area contributed by atoms with E-state index in [-0.39, 0.29) is 16.2 Å². The van der Waals surface area contributed by atoms with Gasteiger partial charge in [0.05, 0.1) is 10.6 Å². The van der Waals surface area contributed by atoms with Crippen LogP contribution in [0.15, 0.2) is 54.1 Å². The third-order valence-electron chi connectivity index (χ3n) is 4.66. The van der Waals surface area contributed by atoms with Crippen LogP contribution in [0.3, 0.4) is 0 Å². The topological polar surface area (TPSA) is 95.1 Å². The molecular weight excluding hydrogens is 437 g/mol. The van der Waals surface area contributed by atoms with E-state index in [9.17, 15) is 20.0 Å². The summed E-state index contributed by atoms with van der Waals surface area (Å²) in [7, 11) is 0. The molecule has 0 fully saturated rings. The fourth-order valence-electron chi connectivity index (χ4n) is 3.22. The average molecular weight is 454 g/mol. The van der Waals surface area contributed by atoms with Crippen molar-refractivity contribution in [2.75, 3.05) is 5.32 Å². The van der Waals surface area contributed by atoms with Crippen LogP contribution in [0.1, 0.15) is 27.3 Å². The average Bonchev–Trinajstić information content (AvgIpc) is 2.99. The number of nitrogens with zero attached hydrogens (tertiary/aromatic N) is 2. The van der Waals surface area contributed by atoms with Gasteiger partial charge in [-0.25, -0.2) is 4.79 Å². The predicted octanol–water partition coefficient (Wildman–Crippen LogP) is 5.64. The van der Waals surface area contributed by atoms with Crippen LogP contribution in [0.4, 0.5) is 5.69 Å². The maximum Gasteiger partial charge on any atom is 0.337 e. The molecule has 3 aromatic rings. The first-order valence-electron chi connectivity index (χ1n) is 9.12. The molecule has 1 amide bonds. The van der Waals surface area contributed by atoms with Crippen LogP contribution in [0.25, 0.3) is 11.8 Å². The summed E-state index contributed by atoms with van der Waals surface area (Å²) in [6, 6.07) is 15.1. The molecule has 2 aromatic carbocycles. The number of nitriles is 1. The lowest BCUT2D eigenvalue weighted by atomic mass is 10.1. The Kier molecular flexibility index (Phi) is 6.50. The van der Waals surface area contributed by atoms with Gasteiger partial charge in [-0.15, -0.1) is 0 Å². The molecule has 0 unspecified atom stereocenters. The van der Waals surface area contributed by atoms with Gasteiger partial charge in [0.25, 0.3) is 5.91 Å². The Hall–Kier alpha value is -3.53. The number of aromatic nitrogens is 1. The number of carboxylic acids is 1. The van der Waals surface area contributed by atoms with Gasteiger partial charge in [-0.3, -0.25) is 4.79 Å². The number of hydrogen-bond donors (Lipinski definition) is 2. The number of amides is 1. The normalized spacial score (nSPS) is 11.1. The molecule has 2 N–H and O–H groups in total. The van der Waals surface area contributed by atoms with E-state index in [1.54, 1.807) is 30.3 Å². The number of carbonyl (C=O) groups is 2. The number of benzene rings is 2. The van der Waals surface area contributed by atoms with Crippen molar-refractivity contribution < 1.29 is 14.7 Å². The smallest absolute Gasteiger partial charge is 0.337 e. The van der Waals surface area contributed by atoms with E-state index in [1.807, 2.05) is 30.6 Å². The van der Waals surface area contributed by atoms with Crippen molar-refractivity contribution >= 4 is 46.8 Å². The van der Waals surface area contributed by atoms with Gasteiger partial charge in [0, 0.05) is 27.8 Å². The molecule has 3 rings (SSSR count). The maximum atomic E-state index is 12.6. The number of carboxylic acid groups (broad SMARTS) is 1. The molecule has 0 aliphatic heterocycles. The molecule has 0 aliphatic carbocycles. The van der Waals surface area contributed by atoms with Crippen molar-refractivity contribution in [3.63, 3.8) is 0 Å². The predicted molar refractivity (Wildman–Crippen MR) is 121 cm³/mol. The van der Waals surface area contributed by atoms with Crippen molar-refractivity contribution in [2.45, 2.75) is 13.8 Å². The Labute approximate surface area is 188 Å². The van der Waals surface area contributed by atoms with Crippen LogP contribution >= 0.6 is 23.2 Å². The van der Waals surface area contributed by atoms with Gasteiger partial charge in [0.2, 0.25) is 0 Å². The van der Waals surface area contributed by atoms with Crippen molar-refractivity contribution in [1.82, 2.24) is 4.57 Å². The van der Waals surface area contributed by atoms with E-state index in [2.05, 4.69) is 5.32 Å². The van der Waals surface area contributed by atoms with E-state index in [0.717, 1.165) is 11.4 Å². The fourth-order valence-corrected chi connectivity index (χ4v) is 3.60. The third-order valence-corrected chi connectivity index (χ3v) is 5.22. The molecule has 0 bridgehead atoms. The number of nitrogens with one attached hydrogen (secondary N) is 1. The van der Waals surface area contributed by atoms with Crippen molar-refractivity contribution in [3.8, 4) is 11.8 Å². The zero-order valence-corrected chi connectivity index (χ0v) is 18.1. The van der Waals surface area contributed by atoms with Gasteiger partial charge in [0.15, 0.2) is 0 Å². The number of anilines is 1. The van der Waals surface area contributed by atoms with E-state index >= 15 is 0 Å². The summed E-state index contributed by atoms with van der Waals surface area (Å²) >= 11 is 11.9. The summed E-state index contributed by atoms with van der Waals surface area (Å²) < 4.78 is 1.83. The first-order chi connectivity index (χ1) is 14.7.